The first kappa shape index (κ1) is 20.4. The fourth-order valence-corrected chi connectivity index (χ4v) is 4.79. The highest BCUT2D eigenvalue weighted by atomic mass is 35.5. The Morgan fingerprint density at radius 3 is 2.63 bits per heavy atom. The van der Waals surface area contributed by atoms with Gasteiger partial charge in [0.2, 0.25) is 0 Å². The van der Waals surface area contributed by atoms with Gasteiger partial charge in [-0.05, 0) is 49.2 Å². The summed E-state index contributed by atoms with van der Waals surface area (Å²) in [7, 11) is 3.21. The first-order valence-corrected chi connectivity index (χ1v) is 10.7. The number of benzene rings is 2. The summed E-state index contributed by atoms with van der Waals surface area (Å²) in [5, 5.41) is 5.24. The second-order valence-electron chi connectivity index (χ2n) is 6.97. The Balaban J connectivity index is 1.52. The van der Waals surface area contributed by atoms with E-state index in [1.165, 1.54) is 11.3 Å². The van der Waals surface area contributed by atoms with E-state index < -0.39 is 0 Å². The zero-order chi connectivity index (χ0) is 21.3. The summed E-state index contributed by atoms with van der Waals surface area (Å²) in [6.45, 7) is 2.55. The molecule has 2 aromatic heterocycles. The summed E-state index contributed by atoms with van der Waals surface area (Å²) < 4.78 is 11.6. The van der Waals surface area contributed by atoms with Crippen LogP contribution in [0.25, 0.3) is 21.0 Å². The highest BCUT2D eigenvalue weighted by Gasteiger charge is 2.15. The Labute approximate surface area is 183 Å². The summed E-state index contributed by atoms with van der Waals surface area (Å²) in [5.41, 5.74) is 3.03. The zero-order valence-corrected chi connectivity index (χ0v) is 18.5. The molecule has 2 aromatic carbocycles. The third kappa shape index (κ3) is 3.93. The van der Waals surface area contributed by atoms with Crippen molar-refractivity contribution in [3.8, 4) is 11.5 Å². The topological polar surface area (TPSA) is 60.5 Å². The second-order valence-corrected chi connectivity index (χ2v) is 8.38. The van der Waals surface area contributed by atoms with Crippen molar-refractivity contribution in [2.45, 2.75) is 13.3 Å². The number of methoxy groups -OCH3 is 2. The molecular formula is C23H21ClN2O3S. The number of fused-ring (bicyclic) bond motifs is 3. The van der Waals surface area contributed by atoms with Crippen LogP contribution in [0, 0.1) is 6.92 Å². The quantitative estimate of drug-likeness (QED) is 0.408. The van der Waals surface area contributed by atoms with Crippen LogP contribution in [0.5, 0.6) is 11.5 Å². The lowest BCUT2D eigenvalue weighted by atomic mass is 10.1. The van der Waals surface area contributed by atoms with Crippen molar-refractivity contribution in [1.29, 1.82) is 0 Å². The number of hydrogen-bond acceptors (Lipinski definition) is 5. The fourth-order valence-electron chi connectivity index (χ4n) is 3.40. The number of hydrogen-bond donors (Lipinski definition) is 1. The Morgan fingerprint density at radius 2 is 1.87 bits per heavy atom. The number of pyridine rings is 1. The molecule has 0 fully saturated rings. The first-order valence-electron chi connectivity index (χ1n) is 9.48. The number of aromatic nitrogens is 1. The number of thiophene rings is 1. The number of carbonyl (C=O) groups excluding carboxylic acids is 1. The molecule has 0 aliphatic rings. The minimum absolute atomic E-state index is 0.117. The summed E-state index contributed by atoms with van der Waals surface area (Å²) in [5.74, 6) is 1.24. The van der Waals surface area contributed by atoms with Gasteiger partial charge in [-0.3, -0.25) is 4.79 Å². The van der Waals surface area contributed by atoms with Crippen LogP contribution in [0.2, 0.25) is 5.15 Å². The first-order chi connectivity index (χ1) is 14.5. The third-order valence-electron chi connectivity index (χ3n) is 4.94. The molecule has 0 spiro atoms. The maximum Gasteiger partial charge on any atom is 0.261 e. The van der Waals surface area contributed by atoms with Crippen molar-refractivity contribution in [1.82, 2.24) is 10.3 Å². The van der Waals surface area contributed by atoms with Gasteiger partial charge >= 0.3 is 0 Å². The largest absolute Gasteiger partial charge is 0.493 e. The van der Waals surface area contributed by atoms with Crippen LogP contribution in [-0.2, 0) is 6.42 Å². The lowest BCUT2D eigenvalue weighted by Crippen LogP contribution is -2.24. The average Bonchev–Trinajstić information content (AvgIpc) is 3.21. The van der Waals surface area contributed by atoms with Gasteiger partial charge in [0.1, 0.15) is 5.15 Å². The molecule has 1 N–H and O–H groups in total. The second kappa shape index (κ2) is 8.50. The van der Waals surface area contributed by atoms with Crippen molar-refractivity contribution in [2.75, 3.05) is 20.8 Å². The molecular weight excluding hydrogens is 420 g/mol. The highest BCUT2D eigenvalue weighted by molar-refractivity contribution is 7.21. The normalized spacial score (nSPS) is 11.1. The van der Waals surface area contributed by atoms with E-state index in [-0.39, 0.29) is 5.91 Å². The van der Waals surface area contributed by atoms with Gasteiger partial charge in [-0.1, -0.05) is 29.3 Å². The number of halogens is 1. The van der Waals surface area contributed by atoms with Crippen LogP contribution < -0.4 is 14.8 Å². The molecule has 4 aromatic rings. The average molecular weight is 441 g/mol. The molecule has 0 saturated carbocycles. The van der Waals surface area contributed by atoms with E-state index in [9.17, 15) is 4.79 Å². The zero-order valence-electron chi connectivity index (χ0n) is 16.9. The van der Waals surface area contributed by atoms with Gasteiger partial charge in [0.15, 0.2) is 11.5 Å². The summed E-state index contributed by atoms with van der Waals surface area (Å²) in [6.07, 6.45) is 0.682. The molecule has 0 aliphatic carbocycles. The molecule has 0 atom stereocenters. The molecule has 0 saturated heterocycles. The number of aryl methyl sites for hydroxylation is 1. The lowest BCUT2D eigenvalue weighted by molar-refractivity contribution is 0.0958. The van der Waals surface area contributed by atoms with Crippen molar-refractivity contribution >= 4 is 49.8 Å². The maximum absolute atomic E-state index is 12.7. The minimum atomic E-state index is -0.117. The van der Waals surface area contributed by atoms with Gasteiger partial charge in [0.05, 0.1) is 24.6 Å². The third-order valence-corrected chi connectivity index (χ3v) is 6.40. The maximum atomic E-state index is 12.7. The Morgan fingerprint density at radius 1 is 1.07 bits per heavy atom. The Bertz CT molecular complexity index is 1250. The van der Waals surface area contributed by atoms with Gasteiger partial charge in [0.25, 0.3) is 5.91 Å². The van der Waals surface area contributed by atoms with E-state index in [1.54, 1.807) is 14.2 Å². The van der Waals surface area contributed by atoms with Crippen LogP contribution in [0.1, 0.15) is 20.8 Å². The molecule has 0 radical (unpaired) electrons. The van der Waals surface area contributed by atoms with Crippen LogP contribution in [0.4, 0.5) is 0 Å². The Hall–Kier alpha value is -2.83. The van der Waals surface area contributed by atoms with Crippen molar-refractivity contribution < 1.29 is 14.3 Å². The molecule has 154 valence electrons. The monoisotopic (exact) mass is 440 g/mol. The summed E-state index contributed by atoms with van der Waals surface area (Å²) in [4.78, 5) is 17.8. The van der Waals surface area contributed by atoms with Gasteiger partial charge in [0, 0.05) is 22.0 Å². The van der Waals surface area contributed by atoms with Crippen molar-refractivity contribution in [2.24, 2.45) is 0 Å². The predicted molar refractivity (Wildman–Crippen MR) is 122 cm³/mol. The van der Waals surface area contributed by atoms with E-state index in [1.807, 2.05) is 43.3 Å². The molecule has 0 aliphatic heterocycles. The number of ether oxygens (including phenoxy) is 2. The van der Waals surface area contributed by atoms with E-state index in [0.717, 1.165) is 32.1 Å². The molecule has 0 bridgehead atoms. The van der Waals surface area contributed by atoms with Crippen LogP contribution in [0.3, 0.4) is 0 Å². The van der Waals surface area contributed by atoms with E-state index in [4.69, 9.17) is 21.1 Å². The van der Waals surface area contributed by atoms with Gasteiger partial charge in [-0.2, -0.15) is 0 Å². The fraction of sp³-hybridized carbons (Fsp3) is 0.217. The standard InChI is InChI=1S/C23H21ClN2O3S/c1-13-4-6-17-15(10-13)21-16(22(24)26-17)12-20(30-21)23(27)25-9-8-14-5-7-18(28-2)19(11-14)29-3/h4-7,10-12H,8-9H2,1-3H3,(H,25,27). The smallest absolute Gasteiger partial charge is 0.261 e. The predicted octanol–water partition coefficient (Wildman–Crippen LogP) is 5.40. The highest BCUT2D eigenvalue weighted by Crippen LogP contribution is 2.36. The molecule has 7 heteroatoms. The summed E-state index contributed by atoms with van der Waals surface area (Å²) >= 11 is 7.82. The molecule has 2 heterocycles. The van der Waals surface area contributed by atoms with E-state index >= 15 is 0 Å². The minimum Gasteiger partial charge on any atom is -0.493 e. The number of nitrogens with one attached hydrogen (secondary N) is 1. The number of rotatable bonds is 6. The van der Waals surface area contributed by atoms with Crippen LogP contribution in [0.15, 0.2) is 42.5 Å². The number of amides is 1. The Kier molecular flexibility index (Phi) is 5.79. The van der Waals surface area contributed by atoms with Crippen molar-refractivity contribution in [3.63, 3.8) is 0 Å². The van der Waals surface area contributed by atoms with Crippen LogP contribution in [-0.4, -0.2) is 31.7 Å². The van der Waals surface area contributed by atoms with E-state index in [2.05, 4.69) is 16.4 Å². The summed E-state index contributed by atoms with van der Waals surface area (Å²) in [6, 6.07) is 13.6. The molecule has 1 amide bonds. The number of carbonyl (C=O) groups is 1. The molecule has 30 heavy (non-hydrogen) atoms. The van der Waals surface area contributed by atoms with Gasteiger partial charge in [-0.15, -0.1) is 11.3 Å². The molecule has 0 unspecified atom stereocenters. The van der Waals surface area contributed by atoms with Gasteiger partial charge < -0.3 is 14.8 Å². The van der Waals surface area contributed by atoms with Gasteiger partial charge in [-0.25, -0.2) is 4.98 Å². The molecule has 4 rings (SSSR count). The number of nitrogens with zero attached hydrogens (tertiary/aromatic N) is 1. The van der Waals surface area contributed by atoms with E-state index in [0.29, 0.717) is 34.5 Å². The molecule has 5 nitrogen and oxygen atoms in total. The SMILES string of the molecule is COc1ccc(CCNC(=O)c2cc3c(Cl)nc4ccc(C)cc4c3s2)cc1OC. The van der Waals surface area contributed by atoms with Crippen LogP contribution >= 0.6 is 22.9 Å². The van der Waals surface area contributed by atoms with Crippen molar-refractivity contribution in [3.05, 3.63) is 63.6 Å². The lowest BCUT2D eigenvalue weighted by Gasteiger charge is -2.10.